The molecule has 1 aromatic heterocycles. The Balaban J connectivity index is 1.33. The first-order valence-corrected chi connectivity index (χ1v) is 9.67. The summed E-state index contributed by atoms with van der Waals surface area (Å²) in [6.45, 7) is 4.26. The molecule has 1 aliphatic carbocycles. The highest BCUT2D eigenvalue weighted by Gasteiger charge is 2.33. The van der Waals surface area contributed by atoms with Crippen molar-refractivity contribution in [2.24, 2.45) is 11.8 Å². The third kappa shape index (κ3) is 3.74. The van der Waals surface area contributed by atoms with E-state index in [4.69, 9.17) is 4.42 Å². The molecule has 1 aromatic carbocycles. The van der Waals surface area contributed by atoms with E-state index < -0.39 is 0 Å². The second kappa shape index (κ2) is 7.39. The van der Waals surface area contributed by atoms with Crippen molar-refractivity contribution in [3.05, 3.63) is 58.8 Å². The molecule has 1 fully saturated rings. The number of Topliss-reactive ketones (excluding diaryl/α,β-unsaturated/α-hetero) is 2. The van der Waals surface area contributed by atoms with E-state index in [1.807, 2.05) is 13.0 Å². The molecule has 0 saturated carbocycles. The van der Waals surface area contributed by atoms with Gasteiger partial charge in [-0.2, -0.15) is 0 Å². The highest BCUT2D eigenvalue weighted by Crippen LogP contribution is 2.30. The standard InChI is InChI=1S/C22H24FNO3/c1-14-12-19-20(27-14)7-4-17(22(19)26)13-24-10-8-16(9-11-24)21(25)15-2-5-18(23)6-3-15/h2-3,5-6,12,16-17H,4,7-11,13H2,1H3. The minimum absolute atomic E-state index is 0.0128. The summed E-state index contributed by atoms with van der Waals surface area (Å²) in [5, 5.41) is 0. The lowest BCUT2D eigenvalue weighted by Gasteiger charge is -2.34. The van der Waals surface area contributed by atoms with Gasteiger partial charge in [-0.15, -0.1) is 0 Å². The fourth-order valence-corrected chi connectivity index (χ4v) is 4.33. The zero-order chi connectivity index (χ0) is 19.0. The average Bonchev–Trinajstić information content (AvgIpc) is 3.06. The summed E-state index contributed by atoms with van der Waals surface area (Å²) in [5.41, 5.74) is 1.34. The number of hydrogen-bond donors (Lipinski definition) is 0. The normalized spacial score (nSPS) is 21.3. The van der Waals surface area contributed by atoms with Crippen molar-refractivity contribution in [2.45, 2.75) is 32.6 Å². The van der Waals surface area contributed by atoms with Gasteiger partial charge in [0.15, 0.2) is 11.6 Å². The number of furan rings is 1. The molecule has 4 nitrogen and oxygen atoms in total. The van der Waals surface area contributed by atoms with Gasteiger partial charge in [-0.05, 0) is 69.6 Å². The molecule has 0 N–H and O–H groups in total. The lowest BCUT2D eigenvalue weighted by Crippen LogP contribution is -2.41. The summed E-state index contributed by atoms with van der Waals surface area (Å²) >= 11 is 0. The number of hydrogen-bond acceptors (Lipinski definition) is 4. The smallest absolute Gasteiger partial charge is 0.170 e. The van der Waals surface area contributed by atoms with Crippen LogP contribution in [0, 0.1) is 24.6 Å². The molecule has 2 heterocycles. The van der Waals surface area contributed by atoms with Crippen molar-refractivity contribution in [1.82, 2.24) is 4.90 Å². The van der Waals surface area contributed by atoms with Crippen LogP contribution >= 0.6 is 0 Å². The zero-order valence-corrected chi connectivity index (χ0v) is 15.5. The van der Waals surface area contributed by atoms with Crippen LogP contribution in [0.1, 0.15) is 51.5 Å². The summed E-state index contributed by atoms with van der Waals surface area (Å²) in [6, 6.07) is 7.66. The Kier molecular flexibility index (Phi) is 4.96. The summed E-state index contributed by atoms with van der Waals surface area (Å²) in [4.78, 5) is 27.6. The fraction of sp³-hybridized carbons (Fsp3) is 0.455. The monoisotopic (exact) mass is 369 g/mol. The largest absolute Gasteiger partial charge is 0.466 e. The van der Waals surface area contributed by atoms with Crippen LogP contribution in [0.25, 0.3) is 0 Å². The van der Waals surface area contributed by atoms with Crippen LogP contribution in [0.2, 0.25) is 0 Å². The number of aryl methyl sites for hydroxylation is 2. The SMILES string of the molecule is Cc1cc2c(o1)CCC(CN1CCC(C(=O)c3ccc(F)cc3)CC1)C2=O. The number of carbonyl (C=O) groups excluding carboxylic acids is 2. The number of nitrogens with zero attached hydrogens (tertiary/aromatic N) is 1. The summed E-state index contributed by atoms with van der Waals surface area (Å²) < 4.78 is 18.6. The Morgan fingerprint density at radius 3 is 2.59 bits per heavy atom. The van der Waals surface area contributed by atoms with Crippen LogP contribution in [0.5, 0.6) is 0 Å². The minimum atomic E-state index is -0.325. The molecular weight excluding hydrogens is 345 g/mol. The quantitative estimate of drug-likeness (QED) is 0.763. The number of carbonyl (C=O) groups is 2. The lowest BCUT2D eigenvalue weighted by atomic mass is 9.84. The topological polar surface area (TPSA) is 50.5 Å². The van der Waals surface area contributed by atoms with Crippen molar-refractivity contribution in [3.63, 3.8) is 0 Å². The predicted octanol–water partition coefficient (Wildman–Crippen LogP) is 4.07. The molecule has 1 aliphatic heterocycles. The minimum Gasteiger partial charge on any atom is -0.466 e. The van der Waals surface area contributed by atoms with E-state index in [1.165, 1.54) is 12.1 Å². The maximum absolute atomic E-state index is 13.0. The molecule has 2 aliphatic rings. The Morgan fingerprint density at radius 1 is 1.19 bits per heavy atom. The van der Waals surface area contributed by atoms with Crippen LogP contribution in [0.3, 0.4) is 0 Å². The van der Waals surface area contributed by atoms with Gasteiger partial charge in [0.2, 0.25) is 0 Å². The van der Waals surface area contributed by atoms with Gasteiger partial charge in [-0.25, -0.2) is 4.39 Å². The molecule has 0 spiro atoms. The second-order valence-electron chi connectivity index (χ2n) is 7.74. The molecule has 1 atom stereocenters. The third-order valence-electron chi connectivity index (χ3n) is 5.85. The number of ketones is 2. The van der Waals surface area contributed by atoms with Gasteiger partial charge >= 0.3 is 0 Å². The van der Waals surface area contributed by atoms with Crippen molar-refractivity contribution in [2.75, 3.05) is 19.6 Å². The molecule has 4 rings (SSSR count). The Hall–Kier alpha value is -2.27. The number of rotatable bonds is 4. The third-order valence-corrected chi connectivity index (χ3v) is 5.85. The van der Waals surface area contributed by atoms with Crippen molar-refractivity contribution < 1.29 is 18.4 Å². The molecule has 0 radical (unpaired) electrons. The van der Waals surface area contributed by atoms with Gasteiger partial charge in [-0.3, -0.25) is 9.59 Å². The average molecular weight is 369 g/mol. The predicted molar refractivity (Wildman–Crippen MR) is 99.5 cm³/mol. The van der Waals surface area contributed by atoms with Crippen molar-refractivity contribution in [3.8, 4) is 0 Å². The van der Waals surface area contributed by atoms with Crippen LogP contribution in [-0.4, -0.2) is 36.1 Å². The molecule has 0 amide bonds. The number of benzene rings is 1. The van der Waals surface area contributed by atoms with Gasteiger partial charge in [0.25, 0.3) is 0 Å². The molecule has 2 aromatic rings. The van der Waals surface area contributed by atoms with Crippen LogP contribution in [-0.2, 0) is 6.42 Å². The van der Waals surface area contributed by atoms with Gasteiger partial charge in [0.05, 0.1) is 5.56 Å². The number of piperidine rings is 1. The number of halogens is 1. The first-order chi connectivity index (χ1) is 13.0. The Bertz CT molecular complexity index is 847. The second-order valence-corrected chi connectivity index (χ2v) is 7.74. The molecule has 142 valence electrons. The van der Waals surface area contributed by atoms with Crippen LogP contribution in [0.15, 0.2) is 34.7 Å². The van der Waals surface area contributed by atoms with E-state index in [-0.39, 0.29) is 29.2 Å². The number of likely N-dealkylation sites (tertiary alicyclic amines) is 1. The zero-order valence-electron chi connectivity index (χ0n) is 15.5. The molecular formula is C22H24FNO3. The van der Waals surface area contributed by atoms with Gasteiger partial charge < -0.3 is 9.32 Å². The maximum atomic E-state index is 13.0. The van der Waals surface area contributed by atoms with Gasteiger partial charge in [0.1, 0.15) is 17.3 Å². The van der Waals surface area contributed by atoms with E-state index in [0.717, 1.165) is 62.4 Å². The molecule has 0 bridgehead atoms. The lowest BCUT2D eigenvalue weighted by molar-refractivity contribution is 0.0758. The van der Waals surface area contributed by atoms with Crippen molar-refractivity contribution in [1.29, 1.82) is 0 Å². The fourth-order valence-electron chi connectivity index (χ4n) is 4.33. The van der Waals surface area contributed by atoms with E-state index in [0.29, 0.717) is 5.56 Å². The van der Waals surface area contributed by atoms with Crippen molar-refractivity contribution >= 4 is 11.6 Å². The van der Waals surface area contributed by atoms with Crippen LogP contribution in [0.4, 0.5) is 4.39 Å². The van der Waals surface area contributed by atoms with Gasteiger partial charge in [0, 0.05) is 30.4 Å². The molecule has 1 unspecified atom stereocenters. The highest BCUT2D eigenvalue weighted by molar-refractivity contribution is 6.00. The maximum Gasteiger partial charge on any atom is 0.170 e. The molecule has 1 saturated heterocycles. The van der Waals surface area contributed by atoms with E-state index in [1.54, 1.807) is 12.1 Å². The highest BCUT2D eigenvalue weighted by atomic mass is 19.1. The summed E-state index contributed by atoms with van der Waals surface area (Å²) in [6.07, 6.45) is 3.21. The molecule has 27 heavy (non-hydrogen) atoms. The summed E-state index contributed by atoms with van der Waals surface area (Å²) in [5.74, 6) is 1.59. The van der Waals surface area contributed by atoms with Crippen LogP contribution < -0.4 is 0 Å². The Morgan fingerprint density at radius 2 is 1.89 bits per heavy atom. The van der Waals surface area contributed by atoms with E-state index in [9.17, 15) is 14.0 Å². The number of fused-ring (bicyclic) bond motifs is 1. The van der Waals surface area contributed by atoms with E-state index in [2.05, 4.69) is 4.90 Å². The first kappa shape index (κ1) is 18.1. The van der Waals surface area contributed by atoms with Gasteiger partial charge in [-0.1, -0.05) is 0 Å². The Labute approximate surface area is 158 Å². The van der Waals surface area contributed by atoms with E-state index >= 15 is 0 Å². The summed E-state index contributed by atoms with van der Waals surface area (Å²) in [7, 11) is 0. The molecule has 5 heteroatoms. The first-order valence-electron chi connectivity index (χ1n) is 9.67.